The summed E-state index contributed by atoms with van der Waals surface area (Å²) in [6.45, 7) is 1.77. The van der Waals surface area contributed by atoms with Gasteiger partial charge in [0.1, 0.15) is 24.5 Å². The summed E-state index contributed by atoms with van der Waals surface area (Å²) in [5.41, 5.74) is 1.36. The van der Waals surface area contributed by atoms with E-state index in [2.05, 4.69) is 5.32 Å². The van der Waals surface area contributed by atoms with Crippen LogP contribution in [0.3, 0.4) is 0 Å². The van der Waals surface area contributed by atoms with Crippen LogP contribution >= 0.6 is 0 Å². The van der Waals surface area contributed by atoms with E-state index in [-0.39, 0.29) is 18.3 Å². The molecule has 108 valence electrons. The second-order valence-corrected chi connectivity index (χ2v) is 5.01. The molecule has 20 heavy (non-hydrogen) atoms. The van der Waals surface area contributed by atoms with Gasteiger partial charge in [0.2, 0.25) is 0 Å². The normalized spacial score (nSPS) is 18.2. The number of halogens is 1. The van der Waals surface area contributed by atoms with E-state index in [1.54, 1.807) is 13.0 Å². The molecule has 2 rings (SSSR count). The minimum atomic E-state index is -1.13. The maximum absolute atomic E-state index is 13.9. The molecular weight excluding hydrogens is 265 g/mol. The topological polar surface area (TPSA) is 75.6 Å². The number of carbonyl (C=O) groups excluding carboxylic acids is 1. The Bertz CT molecular complexity index is 532. The number of carbonyl (C=O) groups is 2. The van der Waals surface area contributed by atoms with Crippen LogP contribution in [0.2, 0.25) is 0 Å². The van der Waals surface area contributed by atoms with E-state index in [0.29, 0.717) is 24.2 Å². The minimum absolute atomic E-state index is 0.113. The van der Waals surface area contributed by atoms with Crippen LogP contribution in [0.25, 0.3) is 0 Å². The van der Waals surface area contributed by atoms with Crippen LogP contribution in [0, 0.1) is 11.7 Å². The minimum Gasteiger partial charge on any atom is -0.491 e. The average molecular weight is 281 g/mol. The van der Waals surface area contributed by atoms with E-state index in [1.807, 2.05) is 0 Å². The average Bonchev–Trinajstić information content (AvgIpc) is 2.79. The van der Waals surface area contributed by atoms with Gasteiger partial charge in [0.15, 0.2) is 0 Å². The molecule has 1 aromatic rings. The van der Waals surface area contributed by atoms with Crippen molar-refractivity contribution in [1.29, 1.82) is 0 Å². The van der Waals surface area contributed by atoms with Crippen LogP contribution in [0.1, 0.15) is 18.1 Å². The van der Waals surface area contributed by atoms with Gasteiger partial charge >= 0.3 is 6.09 Å². The summed E-state index contributed by atoms with van der Waals surface area (Å²) < 4.78 is 19.3. The molecule has 0 saturated carbocycles. The summed E-state index contributed by atoms with van der Waals surface area (Å²) >= 11 is 0. The number of hydrogen-bond acceptors (Lipinski definition) is 3. The fourth-order valence-corrected chi connectivity index (χ4v) is 2.35. The van der Waals surface area contributed by atoms with Crippen molar-refractivity contribution < 1.29 is 23.8 Å². The molecule has 0 saturated heterocycles. The highest BCUT2D eigenvalue weighted by Crippen LogP contribution is 2.31. The third kappa shape index (κ3) is 3.26. The van der Waals surface area contributed by atoms with Gasteiger partial charge in [0, 0.05) is 12.0 Å². The largest absolute Gasteiger partial charge is 0.491 e. The number of carboxylic acid groups (broad SMARTS) is 1. The van der Waals surface area contributed by atoms with Gasteiger partial charge in [0.05, 0.1) is 6.04 Å². The summed E-state index contributed by atoms with van der Waals surface area (Å²) in [5.74, 6) is -0.185. The number of nitrogens with one attached hydrogen (secondary N) is 1. The van der Waals surface area contributed by atoms with Crippen molar-refractivity contribution in [2.24, 2.45) is 5.92 Å². The van der Waals surface area contributed by atoms with Gasteiger partial charge in [-0.2, -0.15) is 0 Å². The molecule has 0 fully saturated rings. The molecule has 6 heteroatoms. The predicted octanol–water partition coefficient (Wildman–Crippen LogP) is 1.77. The Morgan fingerprint density at radius 3 is 3.00 bits per heavy atom. The molecule has 0 aliphatic heterocycles. The van der Waals surface area contributed by atoms with Crippen molar-refractivity contribution in [3.8, 4) is 5.75 Å². The number of hydrogen-bond donors (Lipinski definition) is 2. The van der Waals surface area contributed by atoms with Crippen LogP contribution < -0.4 is 10.1 Å². The number of rotatable bonds is 5. The van der Waals surface area contributed by atoms with Gasteiger partial charge in [-0.3, -0.25) is 0 Å². The molecular formula is C14H16FNO4. The maximum atomic E-state index is 13.9. The first kappa shape index (κ1) is 14.3. The fourth-order valence-electron chi connectivity index (χ4n) is 2.35. The lowest BCUT2D eigenvalue weighted by Crippen LogP contribution is -2.35. The lowest BCUT2D eigenvalue weighted by molar-refractivity contribution is -0.110. The molecule has 0 spiro atoms. The lowest BCUT2D eigenvalue weighted by Gasteiger charge is -2.14. The summed E-state index contributed by atoms with van der Waals surface area (Å²) in [4.78, 5) is 21.2. The van der Waals surface area contributed by atoms with Crippen molar-refractivity contribution in [2.75, 3.05) is 6.61 Å². The Morgan fingerprint density at radius 1 is 1.60 bits per heavy atom. The Labute approximate surface area is 115 Å². The lowest BCUT2D eigenvalue weighted by atomic mass is 10.1. The molecule has 1 aliphatic rings. The molecule has 1 aliphatic carbocycles. The maximum Gasteiger partial charge on any atom is 0.404 e. The number of ether oxygens (including phenoxy) is 1. The van der Waals surface area contributed by atoms with Gasteiger partial charge in [-0.05, 0) is 37.0 Å². The van der Waals surface area contributed by atoms with Crippen LogP contribution in [-0.2, 0) is 17.6 Å². The number of aldehydes is 1. The molecule has 1 amide bonds. The highest BCUT2D eigenvalue weighted by Gasteiger charge is 2.25. The van der Waals surface area contributed by atoms with Crippen LogP contribution in [0.4, 0.5) is 9.18 Å². The molecule has 0 heterocycles. The highest BCUT2D eigenvalue weighted by molar-refractivity contribution is 5.64. The van der Waals surface area contributed by atoms with E-state index >= 15 is 0 Å². The molecule has 2 N–H and O–H groups in total. The zero-order valence-corrected chi connectivity index (χ0v) is 11.1. The second-order valence-electron chi connectivity index (χ2n) is 5.01. The Balaban J connectivity index is 2.03. The van der Waals surface area contributed by atoms with Crippen molar-refractivity contribution >= 4 is 12.4 Å². The third-order valence-corrected chi connectivity index (χ3v) is 3.27. The summed E-state index contributed by atoms with van der Waals surface area (Å²) in [7, 11) is 0. The van der Waals surface area contributed by atoms with Crippen LogP contribution in [-0.4, -0.2) is 30.1 Å². The molecule has 5 nitrogen and oxygen atoms in total. The SMILES string of the molecule is CC(COc1cc(F)c2c(c1)CC(C=O)C2)NC(=O)O. The molecule has 1 aromatic carbocycles. The first-order valence-corrected chi connectivity index (χ1v) is 6.38. The van der Waals surface area contributed by atoms with Crippen LogP contribution in [0.5, 0.6) is 5.75 Å². The standard InChI is InChI=1S/C14H16FNO4/c1-8(16-14(18)19)7-20-11-4-10-2-9(6-17)3-12(10)13(15)5-11/h4-6,8-9,16H,2-3,7H2,1H3,(H,18,19). The first-order valence-electron chi connectivity index (χ1n) is 6.38. The summed E-state index contributed by atoms with van der Waals surface area (Å²) in [6, 6.07) is 2.60. The van der Waals surface area contributed by atoms with E-state index < -0.39 is 12.1 Å². The molecule has 0 aromatic heterocycles. The smallest absolute Gasteiger partial charge is 0.404 e. The fraction of sp³-hybridized carbons (Fsp3) is 0.429. The van der Waals surface area contributed by atoms with E-state index in [9.17, 15) is 14.0 Å². The molecule has 0 radical (unpaired) electrons. The third-order valence-electron chi connectivity index (χ3n) is 3.27. The van der Waals surface area contributed by atoms with E-state index in [1.165, 1.54) is 6.07 Å². The summed E-state index contributed by atoms with van der Waals surface area (Å²) in [5, 5.41) is 10.8. The van der Waals surface area contributed by atoms with Gasteiger partial charge in [-0.25, -0.2) is 9.18 Å². The Morgan fingerprint density at radius 2 is 2.35 bits per heavy atom. The van der Waals surface area contributed by atoms with Crippen molar-refractivity contribution in [2.45, 2.75) is 25.8 Å². The molecule has 0 bridgehead atoms. The van der Waals surface area contributed by atoms with Gasteiger partial charge in [0.25, 0.3) is 0 Å². The van der Waals surface area contributed by atoms with E-state index in [0.717, 1.165) is 11.8 Å². The predicted molar refractivity (Wildman–Crippen MR) is 69.5 cm³/mol. The summed E-state index contributed by atoms with van der Waals surface area (Å²) in [6.07, 6.45) is 0.673. The number of fused-ring (bicyclic) bond motifs is 1. The second kappa shape index (κ2) is 5.90. The molecule has 2 unspecified atom stereocenters. The highest BCUT2D eigenvalue weighted by atomic mass is 19.1. The van der Waals surface area contributed by atoms with Crippen LogP contribution in [0.15, 0.2) is 12.1 Å². The van der Waals surface area contributed by atoms with Gasteiger partial charge in [-0.15, -0.1) is 0 Å². The zero-order chi connectivity index (χ0) is 14.7. The quantitative estimate of drug-likeness (QED) is 0.807. The number of amides is 1. The van der Waals surface area contributed by atoms with Crippen molar-refractivity contribution in [1.82, 2.24) is 5.32 Å². The first-order chi connectivity index (χ1) is 9.49. The zero-order valence-electron chi connectivity index (χ0n) is 11.1. The Hall–Kier alpha value is -2.11. The number of benzene rings is 1. The van der Waals surface area contributed by atoms with Crippen molar-refractivity contribution in [3.05, 3.63) is 29.1 Å². The van der Waals surface area contributed by atoms with E-state index in [4.69, 9.17) is 9.84 Å². The Kier molecular flexibility index (Phi) is 4.22. The monoisotopic (exact) mass is 281 g/mol. The van der Waals surface area contributed by atoms with Crippen molar-refractivity contribution in [3.63, 3.8) is 0 Å². The van der Waals surface area contributed by atoms with Gasteiger partial charge in [-0.1, -0.05) is 0 Å². The molecule has 2 atom stereocenters. The van der Waals surface area contributed by atoms with Gasteiger partial charge < -0.3 is 20.0 Å².